The number of hydrogen-bond acceptors (Lipinski definition) is 2. The van der Waals surface area contributed by atoms with E-state index in [0.29, 0.717) is 16.8 Å². The van der Waals surface area contributed by atoms with Crippen molar-refractivity contribution in [3.8, 4) is 0 Å². The Bertz CT molecular complexity index is 945. The number of halogens is 3. The fraction of sp³-hybridized carbons (Fsp3) is 0.381. The molecule has 1 spiro atoms. The van der Waals surface area contributed by atoms with Crippen molar-refractivity contribution >= 4 is 11.6 Å². The molecule has 6 heteroatoms. The third-order valence-electron chi connectivity index (χ3n) is 5.62. The van der Waals surface area contributed by atoms with E-state index in [1.54, 1.807) is 43.4 Å². The van der Waals surface area contributed by atoms with Gasteiger partial charge in [0.1, 0.15) is 6.04 Å². The van der Waals surface area contributed by atoms with Crippen LogP contribution in [0.3, 0.4) is 0 Å². The first-order valence-corrected chi connectivity index (χ1v) is 8.85. The number of alkyl halides is 3. The van der Waals surface area contributed by atoms with E-state index in [2.05, 4.69) is 5.32 Å². The highest BCUT2D eigenvalue weighted by Crippen LogP contribution is 2.54. The highest BCUT2D eigenvalue weighted by Gasteiger charge is 2.61. The minimum absolute atomic E-state index is 0.133. The van der Waals surface area contributed by atoms with Crippen LogP contribution in [0.5, 0.6) is 0 Å². The maximum absolute atomic E-state index is 13.9. The van der Waals surface area contributed by atoms with Crippen LogP contribution in [0.15, 0.2) is 42.5 Å². The lowest BCUT2D eigenvalue weighted by atomic mass is 9.80. The van der Waals surface area contributed by atoms with Gasteiger partial charge in [-0.1, -0.05) is 57.2 Å². The fourth-order valence-electron chi connectivity index (χ4n) is 4.20. The quantitative estimate of drug-likeness (QED) is 0.741. The van der Waals surface area contributed by atoms with Crippen molar-refractivity contribution in [1.82, 2.24) is 5.32 Å². The number of rotatable bonds is 0. The van der Waals surface area contributed by atoms with E-state index in [9.17, 15) is 18.0 Å². The third-order valence-corrected chi connectivity index (χ3v) is 5.62. The number of anilines is 1. The summed E-state index contributed by atoms with van der Waals surface area (Å²) in [5.74, 6) is -0.389. The minimum Gasteiger partial charge on any atom is -0.313 e. The Morgan fingerprint density at radius 1 is 1.04 bits per heavy atom. The number of nitrogens with zero attached hydrogens (tertiary/aromatic N) is 1. The molecule has 1 N–H and O–H groups in total. The van der Waals surface area contributed by atoms with Crippen LogP contribution in [0, 0.1) is 0 Å². The summed E-state index contributed by atoms with van der Waals surface area (Å²) in [6.07, 6.45) is -4.51. The van der Waals surface area contributed by atoms with E-state index in [1.807, 2.05) is 26.8 Å². The van der Waals surface area contributed by atoms with Crippen molar-refractivity contribution in [2.45, 2.75) is 43.9 Å². The van der Waals surface area contributed by atoms with E-state index in [0.717, 1.165) is 5.56 Å². The molecule has 0 saturated carbocycles. The summed E-state index contributed by atoms with van der Waals surface area (Å²) in [4.78, 5) is 14.6. The number of para-hydroxylation sites is 1. The summed E-state index contributed by atoms with van der Waals surface area (Å²) < 4.78 is 41.8. The van der Waals surface area contributed by atoms with Crippen LogP contribution in [0.2, 0.25) is 0 Å². The lowest BCUT2D eigenvalue weighted by Crippen LogP contribution is -2.49. The zero-order valence-corrected chi connectivity index (χ0v) is 15.6. The zero-order valence-electron chi connectivity index (χ0n) is 15.6. The van der Waals surface area contributed by atoms with Gasteiger partial charge in [0.05, 0.1) is 0 Å². The van der Waals surface area contributed by atoms with Crippen LogP contribution in [-0.4, -0.2) is 19.1 Å². The summed E-state index contributed by atoms with van der Waals surface area (Å²) >= 11 is 0. The molecule has 142 valence electrons. The number of fused-ring (bicyclic) bond motifs is 4. The lowest BCUT2D eigenvalue weighted by molar-refractivity contribution is -0.159. The van der Waals surface area contributed by atoms with Crippen LogP contribution < -0.4 is 10.2 Å². The van der Waals surface area contributed by atoms with Gasteiger partial charge in [-0.05, 0) is 28.2 Å². The Morgan fingerprint density at radius 3 is 2.33 bits per heavy atom. The first-order valence-electron chi connectivity index (χ1n) is 8.85. The number of benzene rings is 2. The summed E-state index contributed by atoms with van der Waals surface area (Å²) in [6.45, 7) is 5.87. The van der Waals surface area contributed by atoms with Gasteiger partial charge in [-0.3, -0.25) is 10.1 Å². The van der Waals surface area contributed by atoms with Gasteiger partial charge >= 0.3 is 6.18 Å². The SMILES string of the molecule is CN1C(=O)C2(NC(C(F)(F)F)c3cc(C(C)(C)C)ccc32)c2ccccc21. The molecule has 3 nitrogen and oxygen atoms in total. The molecule has 2 unspecified atom stereocenters. The number of likely N-dealkylation sites (N-methyl/N-ethyl adjacent to an activating group) is 1. The Balaban J connectivity index is 2.01. The van der Waals surface area contributed by atoms with E-state index in [-0.39, 0.29) is 16.9 Å². The Kier molecular flexibility index (Phi) is 3.57. The molecule has 27 heavy (non-hydrogen) atoms. The molecule has 4 rings (SSSR count). The normalized spacial score (nSPS) is 24.5. The molecule has 2 aliphatic heterocycles. The predicted molar refractivity (Wildman–Crippen MR) is 97.7 cm³/mol. The van der Waals surface area contributed by atoms with E-state index < -0.39 is 17.8 Å². The summed E-state index contributed by atoms with van der Waals surface area (Å²) in [7, 11) is 1.60. The molecule has 2 aromatic carbocycles. The fourth-order valence-corrected chi connectivity index (χ4v) is 4.20. The highest BCUT2D eigenvalue weighted by atomic mass is 19.4. The van der Waals surface area contributed by atoms with Gasteiger partial charge in [-0.25, -0.2) is 0 Å². The number of nitrogens with one attached hydrogen (secondary N) is 1. The largest absolute Gasteiger partial charge is 0.407 e. The Morgan fingerprint density at radius 2 is 1.70 bits per heavy atom. The molecular formula is C21H21F3N2O. The van der Waals surface area contributed by atoms with Gasteiger partial charge < -0.3 is 4.90 Å². The number of amides is 1. The average Bonchev–Trinajstić information content (AvgIpc) is 3.04. The second-order valence-corrected chi connectivity index (χ2v) is 8.30. The standard InChI is InChI=1S/C21H21F3N2O/c1-19(2,3)12-9-10-14-13(11-12)17(21(22,23)24)25-20(14)15-7-5-6-8-16(15)26(4)18(20)27/h5-11,17,25H,1-4H3. The molecule has 2 aromatic rings. The number of hydrogen-bond donors (Lipinski definition) is 1. The first-order chi connectivity index (χ1) is 12.5. The van der Waals surface area contributed by atoms with Crippen molar-refractivity contribution in [3.05, 3.63) is 64.7 Å². The predicted octanol–water partition coefficient (Wildman–Crippen LogP) is 4.41. The molecule has 0 aromatic heterocycles. The van der Waals surface area contributed by atoms with Crippen LogP contribution in [-0.2, 0) is 15.7 Å². The molecular weight excluding hydrogens is 353 g/mol. The van der Waals surface area contributed by atoms with Gasteiger partial charge in [0.2, 0.25) is 0 Å². The molecule has 0 saturated heterocycles. The summed E-state index contributed by atoms with van der Waals surface area (Å²) in [5, 5.41) is 2.67. The van der Waals surface area contributed by atoms with Crippen molar-refractivity contribution in [2.24, 2.45) is 0 Å². The highest BCUT2D eigenvalue weighted by molar-refractivity contribution is 6.10. The molecule has 1 amide bonds. The summed E-state index contributed by atoms with van der Waals surface area (Å²) in [5.41, 5.74) is 0.721. The van der Waals surface area contributed by atoms with Crippen LogP contribution in [0.1, 0.15) is 49.1 Å². The van der Waals surface area contributed by atoms with Crippen LogP contribution in [0.25, 0.3) is 0 Å². The van der Waals surface area contributed by atoms with Crippen molar-refractivity contribution in [2.75, 3.05) is 11.9 Å². The number of carbonyl (C=O) groups is 1. The van der Waals surface area contributed by atoms with E-state index in [4.69, 9.17) is 0 Å². The van der Waals surface area contributed by atoms with Crippen molar-refractivity contribution < 1.29 is 18.0 Å². The zero-order chi connectivity index (χ0) is 19.8. The monoisotopic (exact) mass is 374 g/mol. The second kappa shape index (κ2) is 5.35. The lowest BCUT2D eigenvalue weighted by Gasteiger charge is -2.26. The molecule has 0 fully saturated rings. The molecule has 2 aliphatic rings. The van der Waals surface area contributed by atoms with E-state index >= 15 is 0 Å². The van der Waals surface area contributed by atoms with Crippen LogP contribution >= 0.6 is 0 Å². The Hall–Kier alpha value is -2.34. The smallest absolute Gasteiger partial charge is 0.313 e. The maximum Gasteiger partial charge on any atom is 0.407 e. The van der Waals surface area contributed by atoms with Crippen LogP contribution in [0.4, 0.5) is 18.9 Å². The first kappa shape index (κ1) is 18.0. The molecule has 2 heterocycles. The van der Waals surface area contributed by atoms with Gasteiger partial charge in [-0.2, -0.15) is 13.2 Å². The van der Waals surface area contributed by atoms with E-state index in [1.165, 1.54) is 4.90 Å². The molecule has 0 radical (unpaired) electrons. The summed E-state index contributed by atoms with van der Waals surface area (Å²) in [6, 6.07) is 10.2. The molecule has 0 bridgehead atoms. The Labute approximate surface area is 156 Å². The van der Waals surface area contributed by atoms with Gasteiger partial charge in [0.25, 0.3) is 5.91 Å². The minimum atomic E-state index is -4.51. The van der Waals surface area contributed by atoms with Crippen molar-refractivity contribution in [1.29, 1.82) is 0 Å². The second-order valence-electron chi connectivity index (χ2n) is 8.30. The van der Waals surface area contributed by atoms with Gasteiger partial charge in [0, 0.05) is 18.3 Å². The van der Waals surface area contributed by atoms with Gasteiger partial charge in [-0.15, -0.1) is 0 Å². The maximum atomic E-state index is 13.9. The van der Waals surface area contributed by atoms with Crippen molar-refractivity contribution in [3.63, 3.8) is 0 Å². The number of carbonyl (C=O) groups excluding carboxylic acids is 1. The molecule has 0 aliphatic carbocycles. The molecule has 2 atom stereocenters. The average molecular weight is 374 g/mol. The third kappa shape index (κ3) is 2.35. The van der Waals surface area contributed by atoms with Gasteiger partial charge in [0.15, 0.2) is 5.54 Å². The topological polar surface area (TPSA) is 32.3 Å².